The molecule has 0 aliphatic heterocycles. The van der Waals surface area contributed by atoms with Crippen molar-refractivity contribution in [2.24, 2.45) is 0 Å². The fourth-order valence-corrected chi connectivity index (χ4v) is 6.68. The van der Waals surface area contributed by atoms with E-state index >= 15 is 0 Å². The third kappa shape index (κ3) is 4.32. The molecule has 202 valence electrons. The van der Waals surface area contributed by atoms with E-state index in [1.54, 1.807) is 42.6 Å². The summed E-state index contributed by atoms with van der Waals surface area (Å²) in [5.74, 6) is -0.254. The lowest BCUT2D eigenvalue weighted by atomic mass is 9.28. The zero-order valence-electron chi connectivity index (χ0n) is 24.0. The minimum absolute atomic E-state index is 0.0390. The first-order valence-corrected chi connectivity index (χ1v) is 14.9. The van der Waals surface area contributed by atoms with Crippen LogP contribution < -0.4 is 0 Å². The van der Waals surface area contributed by atoms with Crippen molar-refractivity contribution in [1.82, 2.24) is 13.8 Å². The van der Waals surface area contributed by atoms with Crippen LogP contribution in [-0.2, 0) is 15.2 Å². The van der Waals surface area contributed by atoms with Gasteiger partial charge in [-0.1, -0.05) is 42.0 Å². The first-order chi connectivity index (χ1) is 18.7. The predicted molar refractivity (Wildman–Crippen MR) is 170 cm³/mol. The molecular formula is C28H32B4FN3O3S. The minimum atomic E-state index is -3.95. The summed E-state index contributed by atoms with van der Waals surface area (Å²) >= 11 is 0. The number of aromatic nitrogens is 3. The van der Waals surface area contributed by atoms with Crippen LogP contribution in [0, 0.1) is 12.7 Å². The molecule has 0 fully saturated rings. The molecule has 12 heteroatoms. The lowest BCUT2D eigenvalue weighted by Crippen LogP contribution is -2.45. The zero-order valence-corrected chi connectivity index (χ0v) is 24.8. The van der Waals surface area contributed by atoms with Crippen LogP contribution in [0.5, 0.6) is 0 Å². The Balaban J connectivity index is 1.91. The molecule has 0 atom stereocenters. The Bertz CT molecular complexity index is 1850. The predicted octanol–water partition coefficient (Wildman–Crippen LogP) is 1.58. The molecule has 0 saturated heterocycles. The number of rotatable bonds is 7. The smallest absolute Gasteiger partial charge is 0.283 e. The number of hydrogen-bond donors (Lipinski definition) is 1. The van der Waals surface area contributed by atoms with E-state index in [-0.39, 0.29) is 23.2 Å². The fourth-order valence-electron chi connectivity index (χ4n) is 5.41. The number of halogens is 1. The maximum atomic E-state index is 14.0. The van der Waals surface area contributed by atoms with Crippen LogP contribution in [0.1, 0.15) is 36.6 Å². The quantitative estimate of drug-likeness (QED) is 0.311. The summed E-state index contributed by atoms with van der Waals surface area (Å²) < 4.78 is 44.6. The summed E-state index contributed by atoms with van der Waals surface area (Å²) in [6, 6.07) is 17.0. The Morgan fingerprint density at radius 1 is 0.975 bits per heavy atom. The second-order valence-corrected chi connectivity index (χ2v) is 13.9. The molecule has 6 nitrogen and oxygen atoms in total. The number of nitrogens with zero attached hydrogens (tertiary/aromatic N) is 3. The number of hydrogen-bond acceptors (Lipinski definition) is 4. The largest absolute Gasteiger partial charge is 0.397 e. The molecule has 0 spiro atoms. The third-order valence-corrected chi connectivity index (χ3v) is 10.2. The Morgan fingerprint density at radius 2 is 1.60 bits per heavy atom. The van der Waals surface area contributed by atoms with E-state index in [0.29, 0.717) is 10.9 Å². The second-order valence-electron chi connectivity index (χ2n) is 12.1. The summed E-state index contributed by atoms with van der Waals surface area (Å²) in [4.78, 5) is 0.164. The van der Waals surface area contributed by atoms with Crippen molar-refractivity contribution in [2.75, 3.05) is 6.61 Å². The number of aliphatic hydroxyl groups excluding tert-OH is 1. The summed E-state index contributed by atoms with van der Waals surface area (Å²) in [5.41, 5.74) is 5.15. The zero-order chi connectivity index (χ0) is 29.2. The number of aryl methyl sites for hydroxylation is 1. The first kappa shape index (κ1) is 28.3. The standard InChI is InChI=1S/C28H32B4FN3O3S/c1-16(2)26-25(28(31,32)27(29,30)15-37)22-13-23-18(12-24(22)35(26)20-8-6-19(33)7-9-20)14-34-36(23)40(38,39)21-10-4-17(3)5-11-21/h4-14,16,37H,15,29-32H2,1-3H3. The molecule has 3 aromatic carbocycles. The minimum Gasteiger partial charge on any atom is -0.397 e. The molecule has 5 rings (SSSR count). The van der Waals surface area contributed by atoms with Crippen molar-refractivity contribution in [3.8, 4) is 5.69 Å². The highest BCUT2D eigenvalue weighted by atomic mass is 32.2. The van der Waals surface area contributed by atoms with Crippen LogP contribution >= 0.6 is 0 Å². The van der Waals surface area contributed by atoms with Crippen LogP contribution in [0.15, 0.2) is 71.8 Å². The number of benzene rings is 3. The van der Waals surface area contributed by atoms with Gasteiger partial charge in [0.25, 0.3) is 10.0 Å². The molecule has 0 saturated carbocycles. The Kier molecular flexibility index (Phi) is 6.86. The van der Waals surface area contributed by atoms with Gasteiger partial charge in [-0.3, -0.25) is 0 Å². The molecule has 0 unspecified atom stereocenters. The van der Waals surface area contributed by atoms with Gasteiger partial charge in [0.05, 0.1) is 22.1 Å². The molecular weight excluding hydrogens is 521 g/mol. The second kappa shape index (κ2) is 9.70. The fraction of sp³-hybridized carbons (Fsp3) is 0.250. The van der Waals surface area contributed by atoms with Gasteiger partial charge in [-0.25, -0.2) is 4.39 Å². The Hall–Kier alpha value is -3.23. The van der Waals surface area contributed by atoms with Gasteiger partial charge >= 0.3 is 0 Å². The average molecular weight is 553 g/mol. The molecule has 0 bridgehead atoms. The van der Waals surface area contributed by atoms with Crippen molar-refractivity contribution >= 4 is 63.2 Å². The highest BCUT2D eigenvalue weighted by molar-refractivity contribution is 7.90. The van der Waals surface area contributed by atoms with Crippen molar-refractivity contribution in [3.05, 3.63) is 89.5 Å². The van der Waals surface area contributed by atoms with Crippen LogP contribution in [-0.4, -0.2) is 65.3 Å². The maximum absolute atomic E-state index is 14.0. The van der Waals surface area contributed by atoms with E-state index in [2.05, 4.69) is 39.2 Å². The molecule has 5 aromatic rings. The Morgan fingerprint density at radius 3 is 2.17 bits per heavy atom. The lowest BCUT2D eigenvalue weighted by Gasteiger charge is -2.42. The van der Waals surface area contributed by atoms with Gasteiger partial charge in [0.15, 0.2) is 0 Å². The Labute approximate surface area is 238 Å². The van der Waals surface area contributed by atoms with E-state index in [4.69, 9.17) is 0 Å². The molecule has 40 heavy (non-hydrogen) atoms. The normalized spacial score (nSPS) is 13.1. The molecule has 0 radical (unpaired) electrons. The summed E-state index contributed by atoms with van der Waals surface area (Å²) in [6.45, 7) is 6.10. The van der Waals surface area contributed by atoms with E-state index in [9.17, 15) is 17.9 Å². The summed E-state index contributed by atoms with van der Waals surface area (Å²) in [6.07, 6.45) is 1.57. The summed E-state index contributed by atoms with van der Waals surface area (Å²) in [5, 5.41) is 15.3. The van der Waals surface area contributed by atoms with Crippen molar-refractivity contribution in [1.29, 1.82) is 0 Å². The van der Waals surface area contributed by atoms with Crippen molar-refractivity contribution in [2.45, 2.75) is 42.0 Å². The molecule has 2 heterocycles. The first-order valence-electron chi connectivity index (χ1n) is 13.5. The maximum Gasteiger partial charge on any atom is 0.283 e. The average Bonchev–Trinajstić information content (AvgIpc) is 3.47. The lowest BCUT2D eigenvalue weighted by molar-refractivity contribution is 0.266. The monoisotopic (exact) mass is 553 g/mol. The van der Waals surface area contributed by atoms with E-state index < -0.39 is 20.5 Å². The van der Waals surface area contributed by atoms with E-state index in [0.717, 1.165) is 37.5 Å². The number of fused-ring (bicyclic) bond motifs is 2. The number of aliphatic hydroxyl groups is 1. The van der Waals surface area contributed by atoms with Crippen LogP contribution in [0.3, 0.4) is 0 Å². The van der Waals surface area contributed by atoms with E-state index in [1.165, 1.54) is 12.1 Å². The molecule has 0 amide bonds. The molecule has 0 aliphatic carbocycles. The van der Waals surface area contributed by atoms with Crippen LogP contribution in [0.4, 0.5) is 4.39 Å². The molecule has 1 N–H and O–H groups in total. The van der Waals surface area contributed by atoms with Gasteiger partial charge in [-0.05, 0) is 66.9 Å². The SMILES string of the molecule is BC(B)(CO)C(B)(B)c1c(C(C)C)n(-c2ccc(F)cc2)c2cc3cnn(S(=O)(=O)c4ccc(C)cc4)c3cc12. The van der Waals surface area contributed by atoms with Crippen LogP contribution in [0.2, 0.25) is 5.21 Å². The van der Waals surface area contributed by atoms with Crippen molar-refractivity contribution in [3.63, 3.8) is 0 Å². The molecule has 2 aromatic heterocycles. The van der Waals surface area contributed by atoms with Gasteiger partial charge in [-0.2, -0.15) is 17.6 Å². The van der Waals surface area contributed by atoms with Gasteiger partial charge in [-0.15, -0.1) is 0 Å². The van der Waals surface area contributed by atoms with Crippen molar-refractivity contribution < 1.29 is 17.9 Å². The van der Waals surface area contributed by atoms with Gasteiger partial charge in [0.2, 0.25) is 0 Å². The molecule has 0 aliphatic rings. The topological polar surface area (TPSA) is 77.1 Å². The highest BCUT2D eigenvalue weighted by Gasteiger charge is 2.42. The van der Waals surface area contributed by atoms with Gasteiger partial charge in [0, 0.05) is 28.8 Å². The highest BCUT2D eigenvalue weighted by Crippen LogP contribution is 2.47. The van der Waals surface area contributed by atoms with Gasteiger partial charge < -0.3 is 9.67 Å². The summed E-state index contributed by atoms with van der Waals surface area (Å²) in [7, 11) is 4.34. The van der Waals surface area contributed by atoms with E-state index in [1.807, 2.05) is 34.7 Å². The van der Waals surface area contributed by atoms with Crippen LogP contribution in [0.25, 0.3) is 27.5 Å². The van der Waals surface area contributed by atoms with Gasteiger partial charge in [0.1, 0.15) is 37.2 Å². The third-order valence-electron chi connectivity index (χ3n) is 8.55.